The Morgan fingerprint density at radius 1 is 1.18 bits per heavy atom. The van der Waals surface area contributed by atoms with E-state index in [1.165, 1.54) is 11.3 Å². The van der Waals surface area contributed by atoms with E-state index in [4.69, 9.17) is 0 Å². The van der Waals surface area contributed by atoms with Crippen LogP contribution in [0.4, 0.5) is 16.2 Å². The Labute approximate surface area is 166 Å². The maximum Gasteiger partial charge on any atom is 0.322 e. The summed E-state index contributed by atoms with van der Waals surface area (Å²) < 4.78 is 0. The first-order valence-corrected chi connectivity index (χ1v) is 10.0. The first kappa shape index (κ1) is 18.4. The number of likely N-dealkylation sites (tertiary alicyclic amines) is 1. The molecule has 2 heterocycles. The maximum absolute atomic E-state index is 13.0. The first-order valence-electron chi connectivity index (χ1n) is 10.0. The molecule has 2 aliphatic heterocycles. The van der Waals surface area contributed by atoms with E-state index in [9.17, 15) is 10.1 Å². The molecule has 0 saturated carbocycles. The number of anilines is 2. The molecule has 0 spiro atoms. The number of nitrogens with one attached hydrogen (secondary N) is 1. The van der Waals surface area contributed by atoms with E-state index >= 15 is 0 Å². The number of urea groups is 1. The van der Waals surface area contributed by atoms with Gasteiger partial charge in [-0.3, -0.25) is 0 Å². The number of benzene rings is 2. The second kappa shape index (κ2) is 7.93. The van der Waals surface area contributed by atoms with Crippen LogP contribution >= 0.6 is 0 Å². The molecule has 0 bridgehead atoms. The monoisotopic (exact) mass is 374 g/mol. The predicted octanol–water partition coefficient (Wildman–Crippen LogP) is 4.37. The van der Waals surface area contributed by atoms with Gasteiger partial charge in [-0.05, 0) is 55.0 Å². The molecular weight excluding hydrogens is 348 g/mol. The Kier molecular flexibility index (Phi) is 5.21. The highest BCUT2D eigenvalue weighted by molar-refractivity contribution is 5.90. The molecule has 1 fully saturated rings. The molecule has 4 rings (SSSR count). The van der Waals surface area contributed by atoms with E-state index in [1.807, 2.05) is 41.3 Å². The van der Waals surface area contributed by atoms with Gasteiger partial charge in [0.15, 0.2) is 0 Å². The van der Waals surface area contributed by atoms with Crippen LogP contribution < -0.4 is 10.2 Å². The lowest BCUT2D eigenvalue weighted by atomic mass is 9.91. The zero-order valence-electron chi connectivity index (χ0n) is 16.3. The number of fused-ring (bicyclic) bond motifs is 1. The highest BCUT2D eigenvalue weighted by atomic mass is 16.2. The lowest BCUT2D eigenvalue weighted by Crippen LogP contribution is -2.41. The predicted molar refractivity (Wildman–Crippen MR) is 112 cm³/mol. The van der Waals surface area contributed by atoms with Gasteiger partial charge in [-0.1, -0.05) is 30.3 Å². The number of hydrogen-bond acceptors (Lipinski definition) is 3. The second-order valence-electron chi connectivity index (χ2n) is 7.72. The summed E-state index contributed by atoms with van der Waals surface area (Å²) in [5, 5.41) is 12.8. The molecule has 0 radical (unpaired) electrons. The van der Waals surface area contributed by atoms with E-state index in [0.717, 1.165) is 43.5 Å². The fourth-order valence-electron chi connectivity index (χ4n) is 4.49. The third kappa shape index (κ3) is 3.55. The van der Waals surface area contributed by atoms with E-state index in [-0.39, 0.29) is 18.0 Å². The minimum absolute atomic E-state index is 0.0869. The molecule has 5 heteroatoms. The Morgan fingerprint density at radius 3 is 2.79 bits per heavy atom. The Balaban J connectivity index is 1.50. The summed E-state index contributed by atoms with van der Waals surface area (Å²) >= 11 is 0. The molecular formula is C23H26N4O. The van der Waals surface area contributed by atoms with Gasteiger partial charge in [0.2, 0.25) is 0 Å². The number of carbonyl (C=O) groups is 1. The second-order valence-corrected chi connectivity index (χ2v) is 7.72. The Hall–Kier alpha value is -3.00. The van der Waals surface area contributed by atoms with Gasteiger partial charge in [0.1, 0.15) is 0 Å². The van der Waals surface area contributed by atoms with Crippen molar-refractivity contribution in [3.05, 3.63) is 59.7 Å². The van der Waals surface area contributed by atoms with Crippen molar-refractivity contribution in [1.82, 2.24) is 4.90 Å². The summed E-state index contributed by atoms with van der Waals surface area (Å²) in [5.74, 6) is -0.299. The molecule has 2 atom stereocenters. The number of aryl methyl sites for hydroxylation is 1. The summed E-state index contributed by atoms with van der Waals surface area (Å²) in [5.41, 5.74) is 4.34. The average molecular weight is 374 g/mol. The van der Waals surface area contributed by atoms with Crippen molar-refractivity contribution in [2.24, 2.45) is 0 Å². The summed E-state index contributed by atoms with van der Waals surface area (Å²) in [7, 11) is 2.11. The SMILES string of the molecule is CN1CCCc2cc(NC(=O)N3CCCC3C(C#N)c3ccccc3)ccc21. The molecule has 0 aliphatic carbocycles. The van der Waals surface area contributed by atoms with Gasteiger partial charge in [-0.25, -0.2) is 4.79 Å². The molecule has 28 heavy (non-hydrogen) atoms. The molecule has 2 aromatic rings. The fraction of sp³-hybridized carbons (Fsp3) is 0.391. The fourth-order valence-corrected chi connectivity index (χ4v) is 4.49. The lowest BCUT2D eigenvalue weighted by molar-refractivity contribution is 0.203. The smallest absolute Gasteiger partial charge is 0.322 e. The van der Waals surface area contributed by atoms with Crippen molar-refractivity contribution in [3.63, 3.8) is 0 Å². The molecule has 2 aliphatic rings. The summed E-state index contributed by atoms with van der Waals surface area (Å²) in [6, 6.07) is 18.2. The summed E-state index contributed by atoms with van der Waals surface area (Å²) in [4.78, 5) is 17.1. The van der Waals surface area contributed by atoms with E-state index in [1.54, 1.807) is 0 Å². The Morgan fingerprint density at radius 2 is 2.00 bits per heavy atom. The normalized spacial score (nSPS) is 19.6. The molecule has 2 aromatic carbocycles. The van der Waals surface area contributed by atoms with E-state index < -0.39 is 0 Å². The number of amides is 2. The third-order valence-electron chi connectivity index (χ3n) is 5.92. The zero-order valence-corrected chi connectivity index (χ0v) is 16.3. The van der Waals surface area contributed by atoms with Crippen molar-refractivity contribution in [2.45, 2.75) is 37.6 Å². The molecule has 1 saturated heterocycles. The van der Waals surface area contributed by atoms with Crippen molar-refractivity contribution in [1.29, 1.82) is 5.26 Å². The van der Waals surface area contributed by atoms with Gasteiger partial charge >= 0.3 is 6.03 Å². The van der Waals surface area contributed by atoms with Crippen molar-refractivity contribution < 1.29 is 4.79 Å². The molecule has 5 nitrogen and oxygen atoms in total. The summed E-state index contributed by atoms with van der Waals surface area (Å²) in [6.07, 6.45) is 3.96. The van der Waals surface area contributed by atoms with Crippen LogP contribution in [0, 0.1) is 11.3 Å². The molecule has 1 N–H and O–H groups in total. The average Bonchev–Trinajstić information content (AvgIpc) is 3.19. The van der Waals surface area contributed by atoms with Crippen LogP contribution in [-0.2, 0) is 6.42 Å². The van der Waals surface area contributed by atoms with Crippen LogP contribution in [0.15, 0.2) is 48.5 Å². The van der Waals surface area contributed by atoms with E-state index in [0.29, 0.717) is 6.54 Å². The number of hydrogen-bond donors (Lipinski definition) is 1. The van der Waals surface area contributed by atoms with Crippen LogP contribution in [0.3, 0.4) is 0 Å². The minimum Gasteiger partial charge on any atom is -0.374 e. The third-order valence-corrected chi connectivity index (χ3v) is 5.92. The maximum atomic E-state index is 13.0. The van der Waals surface area contributed by atoms with Gasteiger partial charge < -0.3 is 15.1 Å². The molecule has 2 unspecified atom stereocenters. The molecule has 2 amide bonds. The number of rotatable bonds is 3. The highest BCUT2D eigenvalue weighted by Gasteiger charge is 2.35. The van der Waals surface area contributed by atoms with Gasteiger partial charge in [0.25, 0.3) is 0 Å². The van der Waals surface area contributed by atoms with Crippen molar-refractivity contribution >= 4 is 17.4 Å². The van der Waals surface area contributed by atoms with Crippen LogP contribution in [0.2, 0.25) is 0 Å². The number of carbonyl (C=O) groups excluding carboxylic acids is 1. The molecule has 144 valence electrons. The number of nitriles is 1. The van der Waals surface area contributed by atoms with Crippen LogP contribution in [0.25, 0.3) is 0 Å². The number of nitrogens with zero attached hydrogens (tertiary/aromatic N) is 3. The van der Waals surface area contributed by atoms with Crippen LogP contribution in [0.5, 0.6) is 0 Å². The van der Waals surface area contributed by atoms with Gasteiger partial charge in [0, 0.05) is 31.5 Å². The summed E-state index contributed by atoms with van der Waals surface area (Å²) in [6.45, 7) is 1.76. The minimum atomic E-state index is -0.299. The van der Waals surface area contributed by atoms with Crippen molar-refractivity contribution in [3.8, 4) is 6.07 Å². The van der Waals surface area contributed by atoms with Crippen LogP contribution in [-0.4, -0.2) is 37.1 Å². The highest BCUT2D eigenvalue weighted by Crippen LogP contribution is 2.32. The van der Waals surface area contributed by atoms with Crippen molar-refractivity contribution in [2.75, 3.05) is 30.4 Å². The first-order chi connectivity index (χ1) is 13.7. The van der Waals surface area contributed by atoms with Gasteiger partial charge in [-0.2, -0.15) is 5.26 Å². The topological polar surface area (TPSA) is 59.4 Å². The standard InChI is InChI=1S/C23H26N4O/c1-26-13-5-9-18-15-19(11-12-21(18)26)25-23(28)27-14-6-10-22(27)20(16-24)17-7-3-2-4-8-17/h2-4,7-8,11-12,15,20,22H,5-6,9-10,13-14H2,1H3,(H,25,28). The zero-order chi connectivity index (χ0) is 19.5. The molecule has 0 aromatic heterocycles. The van der Waals surface area contributed by atoms with Crippen LogP contribution in [0.1, 0.15) is 36.3 Å². The van der Waals surface area contributed by atoms with Gasteiger partial charge in [0.05, 0.1) is 18.0 Å². The van der Waals surface area contributed by atoms with E-state index in [2.05, 4.69) is 35.5 Å². The quantitative estimate of drug-likeness (QED) is 0.868. The Bertz CT molecular complexity index is 889. The lowest BCUT2D eigenvalue weighted by Gasteiger charge is -2.30. The largest absolute Gasteiger partial charge is 0.374 e. The van der Waals surface area contributed by atoms with Gasteiger partial charge in [-0.15, -0.1) is 0 Å².